The number of carboxylic acid groups (broad SMARTS) is 2. The number of methoxy groups -OCH3 is 5. The largest absolute Gasteiger partial charge is 0.497 e. The Morgan fingerprint density at radius 1 is 0.420 bits per heavy atom. The molecule has 5 aromatic carbocycles. The van der Waals surface area contributed by atoms with E-state index in [2.05, 4.69) is 10.4 Å². The van der Waals surface area contributed by atoms with Gasteiger partial charge in [-0.25, -0.2) is 9.59 Å². The highest BCUT2D eigenvalue weighted by Crippen LogP contribution is 2.47. The van der Waals surface area contributed by atoms with Gasteiger partial charge in [-0.1, -0.05) is 132 Å². The highest BCUT2D eigenvalue weighted by Gasteiger charge is 2.51. The van der Waals surface area contributed by atoms with E-state index in [1.807, 2.05) is 127 Å². The van der Waals surface area contributed by atoms with Crippen LogP contribution in [0.2, 0.25) is 0 Å². The molecule has 1 aromatic heterocycles. The third kappa shape index (κ3) is 15.7. The van der Waals surface area contributed by atoms with Gasteiger partial charge in [-0.05, 0) is 173 Å². The normalized spacial score (nSPS) is 21.1. The number of amides is 4. The third-order valence-electron chi connectivity index (χ3n) is 22.7. The Hall–Kier alpha value is -8.94. The average Bonchev–Trinajstić information content (AvgIpc) is 1.24. The molecule has 6 aromatic rings. The minimum absolute atomic E-state index is 0.00253. The molecular formula is C80H102N6O14. The molecule has 4 amide bonds. The van der Waals surface area contributed by atoms with Crippen molar-refractivity contribution in [2.75, 3.05) is 60.5 Å². The first-order valence-corrected chi connectivity index (χ1v) is 36.2. The summed E-state index contributed by atoms with van der Waals surface area (Å²) in [6.45, 7) is 1.80. The maximum atomic E-state index is 14.2. The van der Waals surface area contributed by atoms with Crippen LogP contribution in [0.1, 0.15) is 189 Å². The molecule has 4 saturated carbocycles. The summed E-state index contributed by atoms with van der Waals surface area (Å²) in [5.74, 6) is 1.28. The van der Waals surface area contributed by atoms with Crippen molar-refractivity contribution in [3.63, 3.8) is 0 Å². The van der Waals surface area contributed by atoms with Crippen LogP contribution >= 0.6 is 0 Å². The number of carbonyl (C=O) groups excluding carboxylic acids is 5. The second-order valence-corrected chi connectivity index (χ2v) is 28.1. The van der Waals surface area contributed by atoms with Crippen LogP contribution in [0, 0.1) is 0 Å². The second kappa shape index (κ2) is 33.5. The number of ether oxygens (including phenoxy) is 5. The molecule has 4 aliphatic carbocycles. The predicted molar refractivity (Wildman–Crippen MR) is 382 cm³/mol. The quantitative estimate of drug-likeness (QED) is 0.0763. The molecule has 13 rings (SSSR count). The number of carbonyl (C=O) groups is 7. The highest BCUT2D eigenvalue weighted by molar-refractivity contribution is 6.05. The number of likely N-dealkylation sites (tertiary alicyclic amines) is 3. The van der Waals surface area contributed by atoms with Gasteiger partial charge in [0.2, 0.25) is 23.6 Å². The van der Waals surface area contributed by atoms with E-state index in [-0.39, 0.29) is 29.6 Å². The van der Waals surface area contributed by atoms with Gasteiger partial charge in [0.1, 0.15) is 41.1 Å². The van der Waals surface area contributed by atoms with Crippen LogP contribution in [0.25, 0.3) is 10.9 Å². The van der Waals surface area contributed by atoms with Gasteiger partial charge < -0.3 is 53.9 Å². The fourth-order valence-electron chi connectivity index (χ4n) is 17.0. The van der Waals surface area contributed by atoms with Crippen molar-refractivity contribution in [1.29, 1.82) is 0 Å². The number of aliphatic carboxylic acids is 2. The number of aryl methyl sites for hydroxylation is 1. The van der Waals surface area contributed by atoms with Crippen LogP contribution in [0.5, 0.6) is 23.0 Å². The number of benzene rings is 5. The lowest BCUT2D eigenvalue weighted by Gasteiger charge is -2.40. The van der Waals surface area contributed by atoms with Crippen molar-refractivity contribution in [2.45, 2.75) is 207 Å². The lowest BCUT2D eigenvalue weighted by molar-refractivity contribution is -0.153. The van der Waals surface area contributed by atoms with Gasteiger partial charge in [0, 0.05) is 32.1 Å². The number of anilines is 1. The molecule has 536 valence electrons. The van der Waals surface area contributed by atoms with E-state index in [1.54, 1.807) is 49.1 Å². The van der Waals surface area contributed by atoms with E-state index >= 15 is 0 Å². The van der Waals surface area contributed by atoms with Crippen LogP contribution in [0.3, 0.4) is 0 Å². The maximum Gasteiger partial charge on any atom is 0.328 e. The number of aromatic nitrogens is 2. The van der Waals surface area contributed by atoms with E-state index in [9.17, 15) is 43.8 Å². The summed E-state index contributed by atoms with van der Waals surface area (Å²) in [6.07, 6.45) is 25.2. The van der Waals surface area contributed by atoms with Crippen molar-refractivity contribution in [3.8, 4) is 23.0 Å². The highest BCUT2D eigenvalue weighted by atomic mass is 16.5. The Kier molecular flexibility index (Phi) is 24.7. The molecule has 3 atom stereocenters. The van der Waals surface area contributed by atoms with Crippen LogP contribution in [0.4, 0.5) is 5.69 Å². The van der Waals surface area contributed by atoms with Gasteiger partial charge in [-0.3, -0.25) is 28.7 Å². The number of nitrogens with zero attached hydrogens (tertiary/aromatic N) is 5. The molecular weight excluding hydrogens is 1270 g/mol. The fraction of sp³-hybridized carbons (Fsp3) is 0.525. The average molecular weight is 1370 g/mol. The molecule has 3 aliphatic heterocycles. The van der Waals surface area contributed by atoms with Gasteiger partial charge in [-0.15, -0.1) is 0 Å². The smallest absolute Gasteiger partial charge is 0.328 e. The predicted octanol–water partition coefficient (Wildman–Crippen LogP) is 13.4. The van der Waals surface area contributed by atoms with E-state index < -0.39 is 51.7 Å². The monoisotopic (exact) mass is 1370 g/mol. The molecule has 7 fully saturated rings. The Labute approximate surface area is 588 Å². The summed E-state index contributed by atoms with van der Waals surface area (Å²) in [4.78, 5) is 95.1. The lowest BCUT2D eigenvalue weighted by atomic mass is 9.68. The minimum Gasteiger partial charge on any atom is -0.497 e. The van der Waals surface area contributed by atoms with Crippen molar-refractivity contribution in [2.24, 2.45) is 7.05 Å². The van der Waals surface area contributed by atoms with Gasteiger partial charge in [-0.2, -0.15) is 5.10 Å². The summed E-state index contributed by atoms with van der Waals surface area (Å²) in [5.41, 5.74) is 3.30. The lowest BCUT2D eigenvalue weighted by Crippen LogP contribution is -2.52. The molecule has 3 N–H and O–H groups in total. The van der Waals surface area contributed by atoms with E-state index in [0.717, 1.165) is 210 Å². The van der Waals surface area contributed by atoms with Gasteiger partial charge >= 0.3 is 17.9 Å². The maximum absolute atomic E-state index is 14.2. The van der Waals surface area contributed by atoms with Crippen molar-refractivity contribution in [1.82, 2.24) is 24.5 Å². The number of nitrogens with one attached hydrogen (secondary N) is 1. The van der Waals surface area contributed by atoms with Gasteiger partial charge in [0.05, 0.1) is 74.6 Å². The zero-order valence-electron chi connectivity index (χ0n) is 59.3. The molecule has 0 spiro atoms. The molecule has 3 saturated heterocycles. The zero-order chi connectivity index (χ0) is 71.0. The van der Waals surface area contributed by atoms with E-state index in [4.69, 9.17) is 23.7 Å². The summed E-state index contributed by atoms with van der Waals surface area (Å²) < 4.78 is 27.6. The van der Waals surface area contributed by atoms with E-state index in [0.29, 0.717) is 38.9 Å². The SMILES string of the molecule is COC(=O)C1CCCN1C(=O)C1(c2ccc(OC)cc2)CCCCC1.COc1ccc(C2(C(=O)N3CCCC3C(=O)Nc3cccc4c3cnn4C)CCCCC2)cc1.COc1ccc(C2(C(=O)N3CCCC3C(=O)O)CCCCC2)cc1.COc1ccc(C2(C(=O)O)CCCCC2)cc1. The number of hydrogen-bond donors (Lipinski definition) is 3. The summed E-state index contributed by atoms with van der Waals surface area (Å²) in [5, 5.41) is 27.3. The molecule has 3 unspecified atom stereocenters. The third-order valence-corrected chi connectivity index (χ3v) is 22.7. The first-order valence-electron chi connectivity index (χ1n) is 36.2. The van der Waals surface area contributed by atoms with E-state index in [1.165, 1.54) is 7.11 Å². The number of esters is 1. The van der Waals surface area contributed by atoms with Crippen LogP contribution in [-0.4, -0.2) is 150 Å². The number of carboxylic acids is 2. The topological polar surface area (TPSA) is 246 Å². The zero-order valence-corrected chi connectivity index (χ0v) is 59.3. The molecule has 20 heteroatoms. The molecule has 0 bridgehead atoms. The van der Waals surface area contributed by atoms with Crippen molar-refractivity contribution >= 4 is 58.1 Å². The first kappa shape index (κ1) is 73.8. The Morgan fingerprint density at radius 3 is 1.10 bits per heavy atom. The summed E-state index contributed by atoms with van der Waals surface area (Å²) in [7, 11) is 9.80. The van der Waals surface area contributed by atoms with Gasteiger partial charge in [0.15, 0.2) is 0 Å². The number of hydrogen-bond acceptors (Lipinski definition) is 13. The fourth-order valence-corrected chi connectivity index (χ4v) is 17.0. The van der Waals surface area contributed by atoms with Crippen LogP contribution < -0.4 is 24.3 Å². The standard InChI is InChI=1S/C27H32N4O3.C20H27NO4.C19H25NO4.C14H18O3/c1-30-23-9-6-8-22(21(23)18-28-30)29-25(32)24-10-7-17-31(24)26(33)27(15-4-3-5-16-27)19-11-13-20(34-2)14-12-19;1-24-16-10-8-15(9-11-16)20(12-4-3-5-13-20)19(23)21-14-6-7-17(21)18(22)25-2;1-24-15-9-7-14(8-10-15)19(11-3-2-4-12-19)18(23)20-13-5-6-16(20)17(21)22;1-17-12-7-5-11(6-8-12)14(13(15)16)9-3-2-4-10-14/h6,8-9,11-14,18,24H,3-5,7,10,15-17H2,1-2H3,(H,29,32);8-11,17H,3-7,12-14H2,1-2H3;7-10,16H,2-6,11-13H2,1H3,(H,21,22);5-8H,2-4,9-10H2,1H3,(H,15,16). The number of rotatable bonds is 16. The van der Waals surface area contributed by atoms with Gasteiger partial charge in [0.25, 0.3) is 0 Å². The Morgan fingerprint density at radius 2 is 0.750 bits per heavy atom. The van der Waals surface area contributed by atoms with Crippen LogP contribution in [-0.2, 0) is 67.0 Å². The minimum atomic E-state index is -0.887. The number of fused-ring (bicyclic) bond motifs is 1. The van der Waals surface area contributed by atoms with Crippen molar-refractivity contribution < 1.29 is 67.5 Å². The molecule has 4 heterocycles. The van der Waals surface area contributed by atoms with Crippen molar-refractivity contribution in [3.05, 3.63) is 144 Å². The molecule has 0 radical (unpaired) electrons. The second-order valence-electron chi connectivity index (χ2n) is 28.1. The Bertz CT molecular complexity index is 3750. The first-order chi connectivity index (χ1) is 48.4. The molecule has 100 heavy (non-hydrogen) atoms. The van der Waals surface area contributed by atoms with Crippen LogP contribution in [0.15, 0.2) is 121 Å². The molecule has 20 nitrogen and oxygen atoms in total. The summed E-state index contributed by atoms with van der Waals surface area (Å²) in [6, 6.07) is 35.1. The molecule has 7 aliphatic rings. The Balaban J connectivity index is 0.000000148. The summed E-state index contributed by atoms with van der Waals surface area (Å²) >= 11 is 0.